The van der Waals surface area contributed by atoms with Crippen LogP contribution in [-0.2, 0) is 12.8 Å². The number of rotatable bonds is 3. The molecule has 3 nitrogen and oxygen atoms in total. The molecule has 0 amide bonds. The maximum atomic E-state index is 12.4. The number of alkyl halides is 3. The zero-order valence-electron chi connectivity index (χ0n) is 9.70. The number of halogens is 3. The van der Waals surface area contributed by atoms with Gasteiger partial charge >= 0.3 is 6.30 Å². The third-order valence-electron chi connectivity index (χ3n) is 2.48. The number of hydrogen-bond donors (Lipinski definition) is 1. The zero-order chi connectivity index (χ0) is 13.2. The highest BCUT2D eigenvalue weighted by atomic mass is 19.4. The van der Waals surface area contributed by atoms with E-state index in [4.69, 9.17) is 0 Å². The topological polar surface area (TPSA) is 29.9 Å². The first-order valence-electron chi connectivity index (χ1n) is 5.37. The molecule has 0 unspecified atom stereocenters. The average molecular weight is 255 g/mol. The number of hydrogen-bond acceptors (Lipinski definition) is 2. The van der Waals surface area contributed by atoms with Gasteiger partial charge in [0.1, 0.15) is 0 Å². The van der Waals surface area contributed by atoms with Crippen LogP contribution in [0.4, 0.5) is 13.2 Å². The Labute approximate surface area is 102 Å². The third-order valence-corrected chi connectivity index (χ3v) is 2.48. The van der Waals surface area contributed by atoms with Crippen LogP contribution in [0, 0.1) is 0 Å². The molecule has 0 saturated carbocycles. The molecule has 2 aromatic rings. The normalized spacial score (nSPS) is 11.8. The number of nitrogens with one attached hydrogen (secondary N) is 1. The molecular weight excluding hydrogens is 243 g/mol. The molecule has 0 spiro atoms. The first kappa shape index (κ1) is 12.6. The van der Waals surface area contributed by atoms with Crippen LogP contribution in [0.5, 0.6) is 0 Å². The Hall–Kier alpha value is -1.82. The van der Waals surface area contributed by atoms with E-state index in [-0.39, 0.29) is 4.68 Å². The molecule has 0 aliphatic carbocycles. The summed E-state index contributed by atoms with van der Waals surface area (Å²) in [6.45, 7) is 0.720. The van der Waals surface area contributed by atoms with E-state index in [2.05, 4.69) is 10.4 Å². The number of benzene rings is 1. The Morgan fingerprint density at radius 3 is 2.33 bits per heavy atom. The summed E-state index contributed by atoms with van der Waals surface area (Å²) >= 11 is 0. The van der Waals surface area contributed by atoms with Crippen LogP contribution >= 0.6 is 0 Å². The van der Waals surface area contributed by atoms with E-state index in [1.165, 1.54) is 6.07 Å². The minimum atomic E-state index is -4.47. The van der Waals surface area contributed by atoms with Crippen molar-refractivity contribution >= 4 is 0 Å². The number of aromatic nitrogens is 2. The van der Waals surface area contributed by atoms with E-state index in [1.807, 2.05) is 19.2 Å². The molecule has 0 aliphatic rings. The lowest BCUT2D eigenvalue weighted by Gasteiger charge is -2.05. The summed E-state index contributed by atoms with van der Waals surface area (Å²) in [6.07, 6.45) is -3.55. The van der Waals surface area contributed by atoms with E-state index in [1.54, 1.807) is 12.1 Å². The van der Waals surface area contributed by atoms with Gasteiger partial charge in [-0.05, 0) is 18.7 Å². The lowest BCUT2D eigenvalue weighted by atomic mass is 10.1. The van der Waals surface area contributed by atoms with Crippen molar-refractivity contribution in [2.75, 3.05) is 7.05 Å². The summed E-state index contributed by atoms with van der Waals surface area (Å²) < 4.78 is 37.1. The first-order chi connectivity index (χ1) is 8.50. The van der Waals surface area contributed by atoms with Crippen LogP contribution in [0.1, 0.15) is 5.56 Å². The Kier molecular flexibility index (Phi) is 3.38. The summed E-state index contributed by atoms with van der Waals surface area (Å²) in [7, 11) is 1.83. The second-order valence-corrected chi connectivity index (χ2v) is 3.84. The van der Waals surface area contributed by atoms with E-state index in [9.17, 15) is 13.2 Å². The van der Waals surface area contributed by atoms with Crippen molar-refractivity contribution < 1.29 is 13.2 Å². The second kappa shape index (κ2) is 4.81. The molecule has 0 bridgehead atoms. The molecule has 2 rings (SSSR count). The van der Waals surface area contributed by atoms with E-state index < -0.39 is 6.30 Å². The van der Waals surface area contributed by atoms with Crippen LogP contribution in [0.25, 0.3) is 11.3 Å². The fourth-order valence-corrected chi connectivity index (χ4v) is 1.62. The summed E-state index contributed by atoms with van der Waals surface area (Å²) in [5, 5.41) is 6.50. The lowest BCUT2D eigenvalue weighted by molar-refractivity contribution is -0.212. The van der Waals surface area contributed by atoms with Crippen molar-refractivity contribution in [1.82, 2.24) is 15.1 Å². The summed E-state index contributed by atoms with van der Waals surface area (Å²) in [5.74, 6) is 0. The van der Waals surface area contributed by atoms with Crippen molar-refractivity contribution in [2.24, 2.45) is 0 Å². The molecule has 1 heterocycles. The molecule has 0 atom stereocenters. The molecule has 0 fully saturated rings. The van der Waals surface area contributed by atoms with Gasteiger partial charge in [0.2, 0.25) is 0 Å². The number of nitrogens with zero attached hydrogens (tertiary/aromatic N) is 2. The fraction of sp³-hybridized carbons (Fsp3) is 0.250. The Morgan fingerprint density at radius 1 is 1.17 bits per heavy atom. The first-order valence-corrected chi connectivity index (χ1v) is 5.37. The Morgan fingerprint density at radius 2 is 1.83 bits per heavy atom. The van der Waals surface area contributed by atoms with Gasteiger partial charge in [0.05, 0.1) is 5.69 Å². The van der Waals surface area contributed by atoms with Crippen molar-refractivity contribution in [3.05, 3.63) is 42.1 Å². The quantitative estimate of drug-likeness (QED) is 0.914. The average Bonchev–Trinajstić information content (AvgIpc) is 2.79. The van der Waals surface area contributed by atoms with Gasteiger partial charge in [-0.25, -0.2) is 0 Å². The van der Waals surface area contributed by atoms with Gasteiger partial charge in [-0.3, -0.25) is 0 Å². The van der Waals surface area contributed by atoms with Crippen LogP contribution in [0.2, 0.25) is 0 Å². The van der Waals surface area contributed by atoms with Crippen molar-refractivity contribution in [3.8, 4) is 11.3 Å². The molecule has 0 saturated heterocycles. The summed E-state index contributed by atoms with van der Waals surface area (Å²) in [5.41, 5.74) is 2.04. The van der Waals surface area contributed by atoms with Crippen LogP contribution in [0.3, 0.4) is 0 Å². The lowest BCUT2D eigenvalue weighted by Crippen LogP contribution is -2.16. The molecule has 18 heavy (non-hydrogen) atoms. The maximum absolute atomic E-state index is 12.4. The standard InChI is InChI=1S/C12H12F3N3/c1-16-8-9-2-4-10(5-3-9)11-6-7-18(17-11)12(13,14)15/h2-7,16H,8H2,1H3. The van der Waals surface area contributed by atoms with Gasteiger partial charge in [-0.15, -0.1) is 13.2 Å². The smallest absolute Gasteiger partial charge is 0.316 e. The van der Waals surface area contributed by atoms with Gasteiger partial charge in [-0.1, -0.05) is 24.3 Å². The van der Waals surface area contributed by atoms with Crippen LogP contribution in [-0.4, -0.2) is 16.8 Å². The fourth-order valence-electron chi connectivity index (χ4n) is 1.62. The monoisotopic (exact) mass is 255 g/mol. The molecule has 0 radical (unpaired) electrons. The van der Waals surface area contributed by atoms with Gasteiger partial charge in [-0.2, -0.15) is 9.78 Å². The largest absolute Gasteiger partial charge is 0.504 e. The van der Waals surface area contributed by atoms with Gasteiger partial charge < -0.3 is 5.32 Å². The van der Waals surface area contributed by atoms with Gasteiger partial charge in [0.15, 0.2) is 0 Å². The van der Waals surface area contributed by atoms with E-state index in [0.717, 1.165) is 18.3 Å². The molecule has 6 heteroatoms. The minimum absolute atomic E-state index is 0.00381. The van der Waals surface area contributed by atoms with Crippen molar-refractivity contribution in [1.29, 1.82) is 0 Å². The molecule has 96 valence electrons. The Bertz CT molecular complexity index is 514. The highest BCUT2D eigenvalue weighted by Crippen LogP contribution is 2.24. The zero-order valence-corrected chi connectivity index (χ0v) is 9.70. The highest BCUT2D eigenvalue weighted by molar-refractivity contribution is 5.58. The third kappa shape index (κ3) is 2.70. The summed E-state index contributed by atoms with van der Waals surface area (Å²) in [4.78, 5) is 0. The molecule has 1 N–H and O–H groups in total. The van der Waals surface area contributed by atoms with Crippen molar-refractivity contribution in [3.63, 3.8) is 0 Å². The molecule has 0 aliphatic heterocycles. The van der Waals surface area contributed by atoms with Gasteiger partial charge in [0, 0.05) is 18.3 Å². The SMILES string of the molecule is CNCc1ccc(-c2ccn(C(F)(F)F)n2)cc1. The van der Waals surface area contributed by atoms with Crippen LogP contribution in [0.15, 0.2) is 36.5 Å². The van der Waals surface area contributed by atoms with E-state index >= 15 is 0 Å². The minimum Gasteiger partial charge on any atom is -0.316 e. The molecule has 1 aromatic carbocycles. The maximum Gasteiger partial charge on any atom is 0.504 e. The second-order valence-electron chi connectivity index (χ2n) is 3.84. The molecular formula is C12H12F3N3. The summed E-state index contributed by atoms with van der Waals surface area (Å²) in [6, 6.07) is 8.59. The van der Waals surface area contributed by atoms with Crippen LogP contribution < -0.4 is 5.32 Å². The Balaban J connectivity index is 2.23. The van der Waals surface area contributed by atoms with Crippen molar-refractivity contribution in [2.45, 2.75) is 12.8 Å². The van der Waals surface area contributed by atoms with E-state index in [0.29, 0.717) is 11.3 Å². The molecule has 1 aromatic heterocycles. The predicted molar refractivity (Wildman–Crippen MR) is 61.7 cm³/mol. The van der Waals surface area contributed by atoms with Gasteiger partial charge in [0.25, 0.3) is 0 Å². The highest BCUT2D eigenvalue weighted by Gasteiger charge is 2.31. The predicted octanol–water partition coefficient (Wildman–Crippen LogP) is 2.75.